The standard InChI is InChI=1S/C5H12O3S.Na.H/c1-3-4-5(2)9(6,7)8;;/h5H,3-4H2,1-2H3,(H,6,7,8);;. The average Bonchev–Trinajstić information content (AvgIpc) is 1.64. The van der Waals surface area contributed by atoms with Crippen LogP contribution in [0.1, 0.15) is 26.7 Å². The molecule has 0 amide bonds. The van der Waals surface area contributed by atoms with Gasteiger partial charge in [0.15, 0.2) is 0 Å². The molecule has 1 unspecified atom stereocenters. The molecule has 0 aliphatic carbocycles. The van der Waals surface area contributed by atoms with Crippen LogP contribution in [0, 0.1) is 0 Å². The van der Waals surface area contributed by atoms with Crippen molar-refractivity contribution >= 4 is 39.7 Å². The van der Waals surface area contributed by atoms with Crippen molar-refractivity contribution in [1.82, 2.24) is 0 Å². The molecule has 1 atom stereocenters. The van der Waals surface area contributed by atoms with E-state index in [9.17, 15) is 8.42 Å². The van der Waals surface area contributed by atoms with Crippen LogP contribution in [-0.2, 0) is 10.1 Å². The van der Waals surface area contributed by atoms with E-state index in [2.05, 4.69) is 0 Å². The summed E-state index contributed by atoms with van der Waals surface area (Å²) in [5.74, 6) is 0. The van der Waals surface area contributed by atoms with E-state index in [4.69, 9.17) is 4.55 Å². The molecule has 0 heterocycles. The summed E-state index contributed by atoms with van der Waals surface area (Å²) in [6.07, 6.45) is 1.31. The summed E-state index contributed by atoms with van der Waals surface area (Å²) in [7, 11) is -3.76. The SMILES string of the molecule is CCCC(C)S(=O)(=O)O.[NaH]. The Morgan fingerprint density at radius 2 is 1.90 bits per heavy atom. The van der Waals surface area contributed by atoms with Crippen molar-refractivity contribution in [3.8, 4) is 0 Å². The summed E-state index contributed by atoms with van der Waals surface area (Å²) in [5, 5.41) is -0.609. The summed E-state index contributed by atoms with van der Waals surface area (Å²) in [6.45, 7) is 3.38. The minimum atomic E-state index is -3.76. The Balaban J connectivity index is 0. The minimum absolute atomic E-state index is 0. The summed E-state index contributed by atoms with van der Waals surface area (Å²) < 4.78 is 28.9. The first-order chi connectivity index (χ1) is 3.98. The maximum atomic E-state index is 10.3. The monoisotopic (exact) mass is 176 g/mol. The van der Waals surface area contributed by atoms with E-state index in [-0.39, 0.29) is 29.6 Å². The molecule has 0 aromatic heterocycles. The average molecular weight is 176 g/mol. The molecule has 0 saturated heterocycles. The third-order valence-corrected chi connectivity index (χ3v) is 2.46. The first-order valence-corrected chi connectivity index (χ1v) is 4.45. The Kier molecular flexibility index (Phi) is 7.49. The molecule has 0 bridgehead atoms. The third-order valence-electron chi connectivity index (χ3n) is 1.20. The van der Waals surface area contributed by atoms with Gasteiger partial charge in [-0.3, -0.25) is 4.55 Å². The Hall–Kier alpha value is 0.910. The van der Waals surface area contributed by atoms with Crippen LogP contribution in [0.2, 0.25) is 0 Å². The molecular formula is C5H13NaO3S. The fourth-order valence-electron chi connectivity index (χ4n) is 0.555. The zero-order chi connectivity index (χ0) is 7.49. The van der Waals surface area contributed by atoms with Gasteiger partial charge >= 0.3 is 29.6 Å². The maximum absolute atomic E-state index is 10.3. The van der Waals surface area contributed by atoms with Gasteiger partial charge in [0, 0.05) is 0 Å². The third kappa shape index (κ3) is 5.68. The van der Waals surface area contributed by atoms with Crippen molar-refractivity contribution in [1.29, 1.82) is 0 Å². The van der Waals surface area contributed by atoms with Gasteiger partial charge in [0.1, 0.15) is 0 Å². The van der Waals surface area contributed by atoms with Gasteiger partial charge < -0.3 is 0 Å². The van der Waals surface area contributed by atoms with E-state index in [1.807, 2.05) is 6.92 Å². The van der Waals surface area contributed by atoms with Crippen LogP contribution in [0.5, 0.6) is 0 Å². The van der Waals surface area contributed by atoms with Gasteiger partial charge in [-0.1, -0.05) is 13.3 Å². The van der Waals surface area contributed by atoms with Gasteiger partial charge in [-0.2, -0.15) is 8.42 Å². The van der Waals surface area contributed by atoms with Gasteiger partial charge in [-0.25, -0.2) is 0 Å². The summed E-state index contributed by atoms with van der Waals surface area (Å²) >= 11 is 0. The molecule has 0 radical (unpaired) electrons. The van der Waals surface area contributed by atoms with E-state index in [1.165, 1.54) is 6.92 Å². The predicted molar refractivity (Wildman–Crippen MR) is 43.1 cm³/mol. The first kappa shape index (κ1) is 13.5. The molecule has 10 heavy (non-hydrogen) atoms. The van der Waals surface area contributed by atoms with Crippen molar-refractivity contribution in [2.75, 3.05) is 0 Å². The molecule has 3 nitrogen and oxygen atoms in total. The van der Waals surface area contributed by atoms with Crippen molar-refractivity contribution in [2.45, 2.75) is 31.9 Å². The quantitative estimate of drug-likeness (QED) is 0.500. The number of hydrogen-bond donors (Lipinski definition) is 1. The Labute approximate surface area is 84.2 Å². The van der Waals surface area contributed by atoms with Crippen LogP contribution in [0.25, 0.3) is 0 Å². The first-order valence-electron chi connectivity index (χ1n) is 2.94. The molecule has 0 saturated carbocycles. The zero-order valence-electron chi connectivity index (χ0n) is 5.66. The normalized spacial score (nSPS) is 13.9. The van der Waals surface area contributed by atoms with Gasteiger partial charge in [0.05, 0.1) is 5.25 Å². The second-order valence-corrected chi connectivity index (χ2v) is 3.95. The van der Waals surface area contributed by atoms with Crippen molar-refractivity contribution < 1.29 is 13.0 Å². The molecule has 0 spiro atoms. The van der Waals surface area contributed by atoms with Crippen LogP contribution >= 0.6 is 0 Å². The summed E-state index contributed by atoms with van der Waals surface area (Å²) in [4.78, 5) is 0. The van der Waals surface area contributed by atoms with Gasteiger partial charge in [0.25, 0.3) is 10.1 Å². The Morgan fingerprint density at radius 3 is 2.00 bits per heavy atom. The molecule has 1 N–H and O–H groups in total. The predicted octanol–water partition coefficient (Wildman–Crippen LogP) is 0.414. The molecule has 0 aliphatic rings. The van der Waals surface area contributed by atoms with E-state index in [0.29, 0.717) is 6.42 Å². The molecule has 5 heteroatoms. The Bertz CT molecular complexity index is 164. The molecular weight excluding hydrogens is 163 g/mol. The van der Waals surface area contributed by atoms with Gasteiger partial charge in [-0.05, 0) is 13.3 Å². The van der Waals surface area contributed by atoms with Crippen molar-refractivity contribution in [2.24, 2.45) is 0 Å². The molecule has 0 fully saturated rings. The number of rotatable bonds is 3. The van der Waals surface area contributed by atoms with E-state index in [1.54, 1.807) is 0 Å². The van der Waals surface area contributed by atoms with Crippen molar-refractivity contribution in [3.05, 3.63) is 0 Å². The summed E-state index contributed by atoms with van der Waals surface area (Å²) in [6, 6.07) is 0. The fourth-order valence-corrected chi connectivity index (χ4v) is 1.09. The van der Waals surface area contributed by atoms with E-state index in [0.717, 1.165) is 6.42 Å². The molecule has 0 rings (SSSR count). The second kappa shape index (κ2) is 5.55. The van der Waals surface area contributed by atoms with Crippen LogP contribution in [0.15, 0.2) is 0 Å². The zero-order valence-corrected chi connectivity index (χ0v) is 6.48. The van der Waals surface area contributed by atoms with Crippen LogP contribution in [0.3, 0.4) is 0 Å². The van der Waals surface area contributed by atoms with E-state index < -0.39 is 15.4 Å². The topological polar surface area (TPSA) is 54.4 Å². The van der Waals surface area contributed by atoms with Gasteiger partial charge in [-0.15, -0.1) is 0 Å². The molecule has 0 aromatic rings. The molecule has 0 aromatic carbocycles. The fraction of sp³-hybridized carbons (Fsp3) is 1.00. The summed E-state index contributed by atoms with van der Waals surface area (Å²) in [5.41, 5.74) is 0. The second-order valence-electron chi connectivity index (χ2n) is 2.11. The van der Waals surface area contributed by atoms with E-state index >= 15 is 0 Å². The van der Waals surface area contributed by atoms with Crippen molar-refractivity contribution in [3.63, 3.8) is 0 Å². The molecule has 0 aliphatic heterocycles. The van der Waals surface area contributed by atoms with Crippen LogP contribution < -0.4 is 0 Å². The molecule has 58 valence electrons. The van der Waals surface area contributed by atoms with Gasteiger partial charge in [0.2, 0.25) is 0 Å². The number of hydrogen-bond acceptors (Lipinski definition) is 2. The van der Waals surface area contributed by atoms with Crippen LogP contribution in [0.4, 0.5) is 0 Å². The Morgan fingerprint density at radius 1 is 1.50 bits per heavy atom. The van der Waals surface area contributed by atoms with Crippen LogP contribution in [-0.4, -0.2) is 47.8 Å².